The highest BCUT2D eigenvalue weighted by Crippen LogP contribution is 2.30. The number of rotatable bonds is 5. The topological polar surface area (TPSA) is 35.5 Å². The van der Waals surface area contributed by atoms with E-state index >= 15 is 0 Å². The molecule has 0 fully saturated rings. The van der Waals surface area contributed by atoms with Crippen molar-refractivity contribution in [1.29, 1.82) is 0 Å². The summed E-state index contributed by atoms with van der Waals surface area (Å²) in [6.07, 6.45) is 0. The number of thioether (sulfide) groups is 1. The molecule has 1 aromatic carbocycles. The molecule has 3 nitrogen and oxygen atoms in total. The number of carbonyl (C=O) groups excluding carboxylic acids is 1. The number of ether oxygens (including phenoxy) is 2. The first-order chi connectivity index (χ1) is 7.69. The summed E-state index contributed by atoms with van der Waals surface area (Å²) in [5.74, 6) is 1.24. The highest BCUT2D eigenvalue weighted by Gasteiger charge is 2.14. The zero-order valence-corrected chi connectivity index (χ0v) is 10.5. The summed E-state index contributed by atoms with van der Waals surface area (Å²) in [6, 6.07) is 7.76. The quantitative estimate of drug-likeness (QED) is 0.585. The normalized spacial score (nSPS) is 11.9. The molecule has 0 spiro atoms. The zero-order chi connectivity index (χ0) is 12.0. The molecule has 0 N–H and O–H groups in total. The monoisotopic (exact) mass is 240 g/mol. The first-order valence-corrected chi connectivity index (χ1v) is 6.01. The van der Waals surface area contributed by atoms with Crippen LogP contribution in [0.15, 0.2) is 29.2 Å². The second-order valence-electron chi connectivity index (χ2n) is 3.39. The van der Waals surface area contributed by atoms with Crippen molar-refractivity contribution >= 4 is 17.7 Å². The molecule has 0 saturated heterocycles. The molecule has 0 aliphatic carbocycles. The standard InChI is InChI=1S/C12H16O3S/c1-9(12(13)15-3)8-16-11-7-5-4-6-10(11)14-2/h4-7,9H,8H2,1-3H3/t9-/m1/s1. The smallest absolute Gasteiger partial charge is 0.309 e. The second kappa shape index (κ2) is 6.43. The highest BCUT2D eigenvalue weighted by molar-refractivity contribution is 7.99. The molecule has 0 bridgehead atoms. The fourth-order valence-electron chi connectivity index (χ4n) is 1.22. The largest absolute Gasteiger partial charge is 0.496 e. The van der Waals surface area contributed by atoms with Crippen molar-refractivity contribution in [3.8, 4) is 5.75 Å². The Bertz CT molecular complexity index is 352. The van der Waals surface area contributed by atoms with E-state index in [2.05, 4.69) is 4.74 Å². The fourth-order valence-corrected chi connectivity index (χ4v) is 2.26. The van der Waals surface area contributed by atoms with Gasteiger partial charge in [0, 0.05) is 10.6 Å². The van der Waals surface area contributed by atoms with Gasteiger partial charge in [0.05, 0.1) is 20.1 Å². The summed E-state index contributed by atoms with van der Waals surface area (Å²) >= 11 is 1.60. The van der Waals surface area contributed by atoms with Crippen molar-refractivity contribution in [3.63, 3.8) is 0 Å². The molecule has 0 radical (unpaired) electrons. The van der Waals surface area contributed by atoms with Gasteiger partial charge in [0.15, 0.2) is 0 Å². The Labute approximate surface area is 100 Å². The summed E-state index contributed by atoms with van der Waals surface area (Å²) in [5, 5.41) is 0. The summed E-state index contributed by atoms with van der Waals surface area (Å²) < 4.78 is 9.90. The number of hydrogen-bond acceptors (Lipinski definition) is 4. The average molecular weight is 240 g/mol. The van der Waals surface area contributed by atoms with Crippen molar-refractivity contribution in [2.24, 2.45) is 5.92 Å². The number of para-hydroxylation sites is 1. The lowest BCUT2D eigenvalue weighted by molar-refractivity contribution is -0.143. The Hall–Kier alpha value is -1.16. The Morgan fingerprint density at radius 2 is 2.06 bits per heavy atom. The maximum atomic E-state index is 11.2. The van der Waals surface area contributed by atoms with Crippen LogP contribution in [-0.2, 0) is 9.53 Å². The molecule has 0 heterocycles. The maximum absolute atomic E-state index is 11.2. The van der Waals surface area contributed by atoms with E-state index in [4.69, 9.17) is 4.74 Å². The molecule has 0 saturated carbocycles. The molecule has 0 amide bonds. The van der Waals surface area contributed by atoms with E-state index in [1.807, 2.05) is 31.2 Å². The van der Waals surface area contributed by atoms with Gasteiger partial charge < -0.3 is 9.47 Å². The summed E-state index contributed by atoms with van der Waals surface area (Å²) in [6.45, 7) is 1.86. The Kier molecular flexibility index (Phi) is 5.19. The Morgan fingerprint density at radius 1 is 1.38 bits per heavy atom. The molecule has 0 aliphatic heterocycles. The predicted octanol–water partition coefficient (Wildman–Crippen LogP) is 2.60. The average Bonchev–Trinajstić information content (AvgIpc) is 2.35. The van der Waals surface area contributed by atoms with Gasteiger partial charge in [-0.3, -0.25) is 4.79 Å². The van der Waals surface area contributed by atoms with Gasteiger partial charge in [-0.2, -0.15) is 0 Å². The first-order valence-electron chi connectivity index (χ1n) is 5.02. The molecule has 4 heteroatoms. The van der Waals surface area contributed by atoms with Gasteiger partial charge >= 0.3 is 5.97 Å². The molecule has 88 valence electrons. The lowest BCUT2D eigenvalue weighted by Crippen LogP contribution is -2.14. The van der Waals surface area contributed by atoms with Crippen molar-refractivity contribution in [1.82, 2.24) is 0 Å². The summed E-state index contributed by atoms with van der Waals surface area (Å²) in [4.78, 5) is 12.3. The van der Waals surface area contributed by atoms with Gasteiger partial charge in [0.25, 0.3) is 0 Å². The fraction of sp³-hybridized carbons (Fsp3) is 0.417. The molecule has 1 atom stereocenters. The third kappa shape index (κ3) is 3.45. The minimum atomic E-state index is -0.178. The molecule has 0 unspecified atom stereocenters. The van der Waals surface area contributed by atoms with Crippen molar-refractivity contribution in [3.05, 3.63) is 24.3 Å². The van der Waals surface area contributed by atoms with E-state index in [-0.39, 0.29) is 11.9 Å². The van der Waals surface area contributed by atoms with Crippen LogP contribution in [0.1, 0.15) is 6.92 Å². The number of hydrogen-bond donors (Lipinski definition) is 0. The van der Waals surface area contributed by atoms with E-state index < -0.39 is 0 Å². The van der Waals surface area contributed by atoms with E-state index in [9.17, 15) is 4.79 Å². The minimum Gasteiger partial charge on any atom is -0.496 e. The molecule has 0 aliphatic rings. The highest BCUT2D eigenvalue weighted by atomic mass is 32.2. The van der Waals surface area contributed by atoms with Gasteiger partial charge in [-0.15, -0.1) is 11.8 Å². The van der Waals surface area contributed by atoms with Crippen molar-refractivity contribution in [2.75, 3.05) is 20.0 Å². The van der Waals surface area contributed by atoms with E-state index in [1.165, 1.54) is 7.11 Å². The zero-order valence-electron chi connectivity index (χ0n) is 9.73. The Morgan fingerprint density at radius 3 is 2.69 bits per heavy atom. The van der Waals surface area contributed by atoms with Crippen LogP contribution in [0.4, 0.5) is 0 Å². The first kappa shape index (κ1) is 12.9. The second-order valence-corrected chi connectivity index (χ2v) is 4.45. The van der Waals surface area contributed by atoms with Crippen LogP contribution in [0.5, 0.6) is 5.75 Å². The van der Waals surface area contributed by atoms with Gasteiger partial charge in [0.1, 0.15) is 5.75 Å². The predicted molar refractivity (Wildman–Crippen MR) is 64.9 cm³/mol. The van der Waals surface area contributed by atoms with E-state index in [0.717, 1.165) is 10.6 Å². The van der Waals surface area contributed by atoms with Crippen LogP contribution < -0.4 is 4.74 Å². The SMILES string of the molecule is COC(=O)[C@H](C)CSc1ccccc1OC. The lowest BCUT2D eigenvalue weighted by atomic mass is 10.2. The van der Waals surface area contributed by atoms with Crippen LogP contribution in [0, 0.1) is 5.92 Å². The number of esters is 1. The van der Waals surface area contributed by atoms with Gasteiger partial charge in [-0.25, -0.2) is 0 Å². The number of methoxy groups -OCH3 is 2. The molecule has 1 rings (SSSR count). The van der Waals surface area contributed by atoms with E-state index in [0.29, 0.717) is 5.75 Å². The van der Waals surface area contributed by atoms with Crippen LogP contribution in [0.2, 0.25) is 0 Å². The summed E-state index contributed by atoms with van der Waals surface area (Å²) in [5.41, 5.74) is 0. The van der Waals surface area contributed by atoms with Crippen molar-refractivity contribution in [2.45, 2.75) is 11.8 Å². The molecular formula is C12H16O3S. The minimum absolute atomic E-state index is 0.111. The molecule has 16 heavy (non-hydrogen) atoms. The maximum Gasteiger partial charge on any atom is 0.309 e. The van der Waals surface area contributed by atoms with Crippen LogP contribution in [0.25, 0.3) is 0 Å². The summed E-state index contributed by atoms with van der Waals surface area (Å²) in [7, 11) is 3.05. The van der Waals surface area contributed by atoms with Crippen molar-refractivity contribution < 1.29 is 14.3 Å². The lowest BCUT2D eigenvalue weighted by Gasteiger charge is -2.10. The van der Waals surface area contributed by atoms with Crippen LogP contribution in [-0.4, -0.2) is 25.9 Å². The number of benzene rings is 1. The van der Waals surface area contributed by atoms with Crippen LogP contribution in [0.3, 0.4) is 0 Å². The van der Waals surface area contributed by atoms with Crippen LogP contribution >= 0.6 is 11.8 Å². The van der Waals surface area contributed by atoms with Gasteiger partial charge in [0.2, 0.25) is 0 Å². The number of carbonyl (C=O) groups is 1. The third-order valence-corrected chi connectivity index (χ3v) is 3.48. The van der Waals surface area contributed by atoms with Gasteiger partial charge in [-0.05, 0) is 12.1 Å². The van der Waals surface area contributed by atoms with E-state index in [1.54, 1.807) is 18.9 Å². The third-order valence-electron chi connectivity index (χ3n) is 2.16. The van der Waals surface area contributed by atoms with Gasteiger partial charge in [-0.1, -0.05) is 19.1 Å². The molecular weight excluding hydrogens is 224 g/mol. The molecule has 1 aromatic rings. The Balaban J connectivity index is 2.57. The molecule has 0 aromatic heterocycles.